The van der Waals surface area contributed by atoms with Crippen molar-refractivity contribution in [3.05, 3.63) is 0 Å². The minimum atomic E-state index is 0.307. The number of piperazine rings is 1. The van der Waals surface area contributed by atoms with Crippen molar-refractivity contribution in [1.82, 2.24) is 4.90 Å². The summed E-state index contributed by atoms with van der Waals surface area (Å²) >= 11 is 0. The van der Waals surface area contributed by atoms with E-state index in [2.05, 4.69) is 32.7 Å². The molecule has 3 heteroatoms. The maximum absolute atomic E-state index is 9.13. The minimum absolute atomic E-state index is 0.307. The summed E-state index contributed by atoms with van der Waals surface area (Å²) in [5, 5.41) is 9.13. The van der Waals surface area contributed by atoms with Crippen LogP contribution in [0.5, 0.6) is 0 Å². The van der Waals surface area contributed by atoms with Gasteiger partial charge in [-0.05, 0) is 26.8 Å². The molecular formula is C12H27N2O+. The van der Waals surface area contributed by atoms with Crippen molar-refractivity contribution in [3.63, 3.8) is 0 Å². The summed E-state index contributed by atoms with van der Waals surface area (Å²) in [6.07, 6.45) is 1.24. The van der Waals surface area contributed by atoms with Crippen molar-refractivity contribution in [1.29, 1.82) is 0 Å². The monoisotopic (exact) mass is 215 g/mol. The topological polar surface area (TPSA) is 23.5 Å². The van der Waals surface area contributed by atoms with Crippen molar-refractivity contribution < 1.29 is 9.59 Å². The standard InChI is InChI=1S/C12H27N2O/c1-5-6-13-9-12(3)14(4,7-8-15)10-11(13)2/h11-12,15H,5-10H2,1-4H3/q+1. The third-order valence-electron chi connectivity index (χ3n) is 3.99. The molecule has 0 aromatic rings. The van der Waals surface area contributed by atoms with Crippen molar-refractivity contribution in [2.24, 2.45) is 0 Å². The quantitative estimate of drug-likeness (QED) is 0.705. The van der Waals surface area contributed by atoms with E-state index in [1.54, 1.807) is 0 Å². The van der Waals surface area contributed by atoms with Crippen molar-refractivity contribution in [2.75, 3.05) is 39.8 Å². The van der Waals surface area contributed by atoms with Gasteiger partial charge in [-0.3, -0.25) is 4.90 Å². The van der Waals surface area contributed by atoms with Crippen LogP contribution in [-0.2, 0) is 0 Å². The lowest BCUT2D eigenvalue weighted by Crippen LogP contribution is -2.66. The molecule has 1 fully saturated rings. The van der Waals surface area contributed by atoms with Gasteiger partial charge in [0.05, 0.1) is 38.8 Å². The number of likely N-dealkylation sites (N-methyl/N-ethyl adjacent to an activating group) is 1. The van der Waals surface area contributed by atoms with Gasteiger partial charge < -0.3 is 9.59 Å². The highest BCUT2D eigenvalue weighted by Gasteiger charge is 2.38. The van der Waals surface area contributed by atoms with Gasteiger partial charge in [-0.25, -0.2) is 0 Å². The van der Waals surface area contributed by atoms with Crippen LogP contribution in [0.15, 0.2) is 0 Å². The maximum atomic E-state index is 9.13. The largest absolute Gasteiger partial charge is 0.391 e. The number of hydrogen-bond acceptors (Lipinski definition) is 2. The van der Waals surface area contributed by atoms with Crippen LogP contribution in [0.25, 0.3) is 0 Å². The first-order valence-electron chi connectivity index (χ1n) is 6.22. The molecule has 0 amide bonds. The van der Waals surface area contributed by atoms with Gasteiger partial charge in [0.15, 0.2) is 0 Å². The fourth-order valence-electron chi connectivity index (χ4n) is 2.75. The normalized spacial score (nSPS) is 38.2. The zero-order chi connectivity index (χ0) is 11.5. The van der Waals surface area contributed by atoms with Gasteiger partial charge >= 0.3 is 0 Å². The summed E-state index contributed by atoms with van der Waals surface area (Å²) in [4.78, 5) is 2.59. The smallest absolute Gasteiger partial charge is 0.102 e. The molecule has 1 saturated heterocycles. The number of aliphatic hydroxyl groups excluding tert-OH is 1. The molecule has 1 aliphatic heterocycles. The van der Waals surface area contributed by atoms with E-state index in [9.17, 15) is 0 Å². The van der Waals surface area contributed by atoms with Gasteiger partial charge in [-0.2, -0.15) is 0 Å². The molecule has 3 atom stereocenters. The van der Waals surface area contributed by atoms with Crippen LogP contribution in [0, 0.1) is 0 Å². The van der Waals surface area contributed by atoms with E-state index < -0.39 is 0 Å². The Hall–Kier alpha value is -0.120. The summed E-state index contributed by atoms with van der Waals surface area (Å²) < 4.78 is 1.03. The predicted octanol–water partition coefficient (Wildman–Crippen LogP) is 0.928. The SMILES string of the molecule is CCCN1CC(C)[N+](C)(CCO)CC1C. The Bertz CT molecular complexity index is 198. The summed E-state index contributed by atoms with van der Waals surface area (Å²) in [5.41, 5.74) is 0. The van der Waals surface area contributed by atoms with Crippen molar-refractivity contribution >= 4 is 0 Å². The van der Waals surface area contributed by atoms with Crippen LogP contribution >= 0.6 is 0 Å². The minimum Gasteiger partial charge on any atom is -0.391 e. The van der Waals surface area contributed by atoms with Crippen molar-refractivity contribution in [3.8, 4) is 0 Å². The van der Waals surface area contributed by atoms with E-state index in [-0.39, 0.29) is 0 Å². The van der Waals surface area contributed by atoms with E-state index in [1.807, 2.05) is 0 Å². The van der Waals surface area contributed by atoms with Crippen LogP contribution in [0.2, 0.25) is 0 Å². The van der Waals surface area contributed by atoms with Crippen LogP contribution < -0.4 is 0 Å². The molecule has 1 heterocycles. The van der Waals surface area contributed by atoms with E-state index in [4.69, 9.17) is 5.11 Å². The second kappa shape index (κ2) is 5.28. The summed E-state index contributed by atoms with van der Waals surface area (Å²) in [6.45, 7) is 11.6. The molecule has 0 spiro atoms. The first kappa shape index (κ1) is 12.9. The Kier molecular flexibility index (Phi) is 4.56. The van der Waals surface area contributed by atoms with Gasteiger partial charge in [0.25, 0.3) is 0 Å². The lowest BCUT2D eigenvalue weighted by atomic mass is 10.1. The van der Waals surface area contributed by atoms with E-state index >= 15 is 0 Å². The van der Waals surface area contributed by atoms with Crippen LogP contribution in [-0.4, -0.2) is 66.4 Å². The molecule has 15 heavy (non-hydrogen) atoms. The van der Waals surface area contributed by atoms with Gasteiger partial charge in [0.1, 0.15) is 6.54 Å². The maximum Gasteiger partial charge on any atom is 0.102 e. The third-order valence-corrected chi connectivity index (χ3v) is 3.99. The Morgan fingerprint density at radius 1 is 1.40 bits per heavy atom. The first-order chi connectivity index (χ1) is 7.03. The molecule has 1 N–H and O–H groups in total. The van der Waals surface area contributed by atoms with Crippen LogP contribution in [0.3, 0.4) is 0 Å². The highest BCUT2D eigenvalue weighted by Crippen LogP contribution is 2.21. The molecule has 0 bridgehead atoms. The summed E-state index contributed by atoms with van der Waals surface area (Å²) in [6, 6.07) is 1.29. The average molecular weight is 215 g/mol. The molecule has 3 nitrogen and oxygen atoms in total. The number of hydrogen-bond donors (Lipinski definition) is 1. The van der Waals surface area contributed by atoms with Crippen molar-refractivity contribution in [2.45, 2.75) is 39.3 Å². The fraction of sp³-hybridized carbons (Fsp3) is 1.00. The molecule has 0 aromatic heterocycles. The van der Waals surface area contributed by atoms with Crippen LogP contribution in [0.4, 0.5) is 0 Å². The van der Waals surface area contributed by atoms with Gasteiger partial charge in [-0.1, -0.05) is 6.92 Å². The Morgan fingerprint density at radius 2 is 2.07 bits per heavy atom. The summed E-state index contributed by atoms with van der Waals surface area (Å²) in [5.74, 6) is 0. The zero-order valence-corrected chi connectivity index (χ0v) is 10.7. The molecular weight excluding hydrogens is 188 g/mol. The Morgan fingerprint density at radius 3 is 2.60 bits per heavy atom. The zero-order valence-electron chi connectivity index (χ0n) is 10.7. The van der Waals surface area contributed by atoms with Gasteiger partial charge in [0.2, 0.25) is 0 Å². The van der Waals surface area contributed by atoms with E-state index in [0.717, 1.165) is 11.0 Å². The number of aliphatic hydroxyl groups is 1. The van der Waals surface area contributed by atoms with E-state index in [1.165, 1.54) is 26.1 Å². The van der Waals surface area contributed by atoms with Gasteiger partial charge in [0, 0.05) is 0 Å². The third kappa shape index (κ3) is 2.92. The predicted molar refractivity (Wildman–Crippen MR) is 63.8 cm³/mol. The lowest BCUT2D eigenvalue weighted by Gasteiger charge is -2.49. The van der Waals surface area contributed by atoms with Crippen LogP contribution in [0.1, 0.15) is 27.2 Å². The number of quaternary nitrogens is 1. The molecule has 0 aromatic carbocycles. The summed E-state index contributed by atoms with van der Waals surface area (Å²) in [7, 11) is 2.28. The number of nitrogens with zero attached hydrogens (tertiary/aromatic N) is 2. The first-order valence-corrected chi connectivity index (χ1v) is 6.22. The van der Waals surface area contributed by atoms with E-state index in [0.29, 0.717) is 18.7 Å². The Labute approximate surface area is 94.3 Å². The van der Waals surface area contributed by atoms with Gasteiger partial charge in [-0.15, -0.1) is 0 Å². The highest BCUT2D eigenvalue weighted by atomic mass is 16.3. The Balaban J connectivity index is 2.61. The molecule has 1 aliphatic rings. The number of rotatable bonds is 4. The average Bonchev–Trinajstić information content (AvgIpc) is 2.15. The fourth-order valence-corrected chi connectivity index (χ4v) is 2.75. The molecule has 0 radical (unpaired) electrons. The molecule has 0 aliphatic carbocycles. The lowest BCUT2D eigenvalue weighted by molar-refractivity contribution is -0.938. The molecule has 90 valence electrons. The second-order valence-electron chi connectivity index (χ2n) is 5.30. The second-order valence-corrected chi connectivity index (χ2v) is 5.30. The molecule has 3 unspecified atom stereocenters. The molecule has 1 rings (SSSR count). The molecule has 0 saturated carbocycles. The highest BCUT2D eigenvalue weighted by molar-refractivity contribution is 4.76.